The molecule has 5 aromatic rings. The van der Waals surface area contributed by atoms with Crippen LogP contribution in [-0.2, 0) is 6.42 Å². The number of aromatic amines is 1. The average Bonchev–Trinajstić information content (AvgIpc) is 3.52. The molecule has 32 heavy (non-hydrogen) atoms. The number of aryl methyl sites for hydroxylation is 1. The number of anilines is 1. The molecular formula is C23H19N5O3S. The smallest absolute Gasteiger partial charge is 0.292 e. The zero-order valence-corrected chi connectivity index (χ0v) is 18.0. The molecule has 0 spiro atoms. The summed E-state index contributed by atoms with van der Waals surface area (Å²) >= 11 is 1.53. The van der Waals surface area contributed by atoms with Gasteiger partial charge in [0.2, 0.25) is 5.95 Å². The Morgan fingerprint density at radius 1 is 1.19 bits per heavy atom. The fraction of sp³-hybridized carbons (Fsp3) is 0.130. The standard InChI is InChI=1S/C23H19N5O3S/c1-2-6-15-12-21(29)26-23(24-15)28-20(13-16(27-28)19-9-5-10-32-19)25-22(30)18-11-14-7-3-4-8-17(14)31-18/h3-5,7-13H,2,6H2,1H3,(H,25,30)(H,24,26,29). The number of nitrogens with one attached hydrogen (secondary N) is 2. The van der Waals surface area contributed by atoms with Crippen molar-refractivity contribution in [2.75, 3.05) is 5.32 Å². The fourth-order valence-electron chi connectivity index (χ4n) is 3.43. The number of hydrogen-bond acceptors (Lipinski definition) is 6. The number of aromatic nitrogens is 4. The minimum absolute atomic E-state index is 0.179. The van der Waals surface area contributed by atoms with E-state index in [-0.39, 0.29) is 17.3 Å². The van der Waals surface area contributed by atoms with E-state index in [1.165, 1.54) is 22.1 Å². The summed E-state index contributed by atoms with van der Waals surface area (Å²) in [6.07, 6.45) is 1.52. The maximum Gasteiger partial charge on any atom is 0.292 e. The third-order valence-corrected chi connectivity index (χ3v) is 5.76. The second kappa shape index (κ2) is 8.27. The molecule has 160 valence electrons. The highest BCUT2D eigenvalue weighted by molar-refractivity contribution is 7.13. The molecule has 0 aliphatic carbocycles. The molecule has 0 atom stereocenters. The van der Waals surface area contributed by atoms with Gasteiger partial charge in [0, 0.05) is 23.2 Å². The summed E-state index contributed by atoms with van der Waals surface area (Å²) in [6, 6.07) is 16.2. The zero-order valence-electron chi connectivity index (χ0n) is 17.2. The van der Waals surface area contributed by atoms with Crippen LogP contribution in [0.1, 0.15) is 29.6 Å². The molecule has 0 aliphatic heterocycles. The first kappa shape index (κ1) is 20.0. The predicted octanol–water partition coefficient (Wildman–Crippen LogP) is 4.64. The van der Waals surface area contributed by atoms with E-state index < -0.39 is 5.91 Å². The Bertz CT molecular complexity index is 1430. The lowest BCUT2D eigenvalue weighted by Crippen LogP contribution is -2.19. The van der Waals surface area contributed by atoms with Crippen molar-refractivity contribution >= 4 is 34.0 Å². The minimum Gasteiger partial charge on any atom is -0.451 e. The molecule has 0 saturated carbocycles. The molecule has 8 nitrogen and oxygen atoms in total. The van der Waals surface area contributed by atoms with Crippen molar-refractivity contribution < 1.29 is 9.21 Å². The quantitative estimate of drug-likeness (QED) is 0.396. The Morgan fingerprint density at radius 2 is 2.06 bits per heavy atom. The van der Waals surface area contributed by atoms with Gasteiger partial charge in [-0.2, -0.15) is 9.78 Å². The number of benzene rings is 1. The van der Waals surface area contributed by atoms with Crippen LogP contribution < -0.4 is 10.9 Å². The molecule has 0 bridgehead atoms. The van der Waals surface area contributed by atoms with Crippen molar-refractivity contribution in [2.24, 2.45) is 0 Å². The van der Waals surface area contributed by atoms with Gasteiger partial charge >= 0.3 is 0 Å². The minimum atomic E-state index is -0.424. The van der Waals surface area contributed by atoms with E-state index in [0.717, 1.165) is 16.7 Å². The second-order valence-electron chi connectivity index (χ2n) is 7.22. The summed E-state index contributed by atoms with van der Waals surface area (Å²) in [5.74, 6) is 0.365. The van der Waals surface area contributed by atoms with E-state index in [2.05, 4.69) is 20.4 Å². The Hall–Kier alpha value is -3.98. The molecule has 0 radical (unpaired) electrons. The third-order valence-electron chi connectivity index (χ3n) is 4.86. The topological polar surface area (TPSA) is 106 Å². The molecular weight excluding hydrogens is 426 g/mol. The lowest BCUT2D eigenvalue weighted by Gasteiger charge is -2.08. The van der Waals surface area contributed by atoms with Crippen LogP contribution in [-0.4, -0.2) is 25.7 Å². The largest absolute Gasteiger partial charge is 0.451 e. The summed E-state index contributed by atoms with van der Waals surface area (Å²) in [7, 11) is 0. The number of H-pyrrole nitrogens is 1. The number of fused-ring (bicyclic) bond motifs is 1. The lowest BCUT2D eigenvalue weighted by atomic mass is 10.2. The number of para-hydroxylation sites is 1. The number of carbonyl (C=O) groups is 1. The molecule has 9 heteroatoms. The Labute approximate surface area is 186 Å². The van der Waals surface area contributed by atoms with Crippen LogP contribution >= 0.6 is 11.3 Å². The highest BCUT2D eigenvalue weighted by Gasteiger charge is 2.19. The van der Waals surface area contributed by atoms with Crippen LogP contribution in [0.5, 0.6) is 0 Å². The van der Waals surface area contributed by atoms with Crippen LogP contribution in [0.15, 0.2) is 69.2 Å². The number of thiophene rings is 1. The van der Waals surface area contributed by atoms with Crippen molar-refractivity contribution in [2.45, 2.75) is 19.8 Å². The first-order chi connectivity index (χ1) is 15.6. The molecule has 1 amide bonds. The molecule has 2 N–H and O–H groups in total. The van der Waals surface area contributed by atoms with Crippen molar-refractivity contribution in [3.63, 3.8) is 0 Å². The van der Waals surface area contributed by atoms with Gasteiger partial charge < -0.3 is 9.73 Å². The van der Waals surface area contributed by atoms with Gasteiger partial charge in [0.05, 0.1) is 4.88 Å². The van der Waals surface area contributed by atoms with Crippen LogP contribution in [0.2, 0.25) is 0 Å². The monoisotopic (exact) mass is 445 g/mol. The fourth-order valence-corrected chi connectivity index (χ4v) is 4.11. The summed E-state index contributed by atoms with van der Waals surface area (Å²) in [5, 5.41) is 10.2. The lowest BCUT2D eigenvalue weighted by molar-refractivity contribution is 0.0998. The highest BCUT2D eigenvalue weighted by Crippen LogP contribution is 2.28. The summed E-state index contributed by atoms with van der Waals surface area (Å²) in [5.41, 5.74) is 1.67. The summed E-state index contributed by atoms with van der Waals surface area (Å²) in [6.45, 7) is 2.02. The van der Waals surface area contributed by atoms with Crippen molar-refractivity contribution in [3.8, 4) is 16.5 Å². The third kappa shape index (κ3) is 3.85. The number of nitrogens with zero attached hydrogens (tertiary/aromatic N) is 3. The molecule has 5 rings (SSSR count). The highest BCUT2D eigenvalue weighted by atomic mass is 32.1. The van der Waals surface area contributed by atoms with Gasteiger partial charge in [-0.05, 0) is 30.0 Å². The molecule has 0 fully saturated rings. The number of furan rings is 1. The Morgan fingerprint density at radius 3 is 2.84 bits per heavy atom. The maximum atomic E-state index is 13.0. The molecule has 1 aromatic carbocycles. The van der Waals surface area contributed by atoms with E-state index in [9.17, 15) is 9.59 Å². The van der Waals surface area contributed by atoms with Gasteiger partial charge in [-0.3, -0.25) is 14.6 Å². The molecule has 4 aromatic heterocycles. The molecule has 0 saturated heterocycles. The first-order valence-electron chi connectivity index (χ1n) is 10.1. The van der Waals surface area contributed by atoms with E-state index >= 15 is 0 Å². The number of rotatable bonds is 6. The van der Waals surface area contributed by atoms with Crippen molar-refractivity contribution in [1.82, 2.24) is 19.7 Å². The van der Waals surface area contributed by atoms with E-state index in [0.29, 0.717) is 29.2 Å². The number of hydrogen-bond donors (Lipinski definition) is 2. The van der Waals surface area contributed by atoms with Crippen LogP contribution in [0.4, 0.5) is 5.82 Å². The van der Waals surface area contributed by atoms with Gasteiger partial charge in [-0.1, -0.05) is 37.6 Å². The second-order valence-corrected chi connectivity index (χ2v) is 8.16. The average molecular weight is 446 g/mol. The normalized spacial score (nSPS) is 11.2. The van der Waals surface area contributed by atoms with Gasteiger partial charge in [-0.25, -0.2) is 4.98 Å². The van der Waals surface area contributed by atoms with Gasteiger partial charge in [-0.15, -0.1) is 11.3 Å². The Kier molecular flexibility index (Phi) is 5.16. The predicted molar refractivity (Wildman–Crippen MR) is 123 cm³/mol. The number of carbonyl (C=O) groups excluding carboxylic acids is 1. The SMILES string of the molecule is CCCc1cc(=O)[nH]c(-n2nc(-c3cccs3)cc2NC(=O)c2cc3ccccc3o2)n1. The van der Waals surface area contributed by atoms with E-state index in [1.807, 2.05) is 42.6 Å². The van der Waals surface area contributed by atoms with E-state index in [4.69, 9.17) is 4.42 Å². The van der Waals surface area contributed by atoms with Crippen LogP contribution in [0, 0.1) is 0 Å². The van der Waals surface area contributed by atoms with Crippen molar-refractivity contribution in [3.05, 3.63) is 81.8 Å². The van der Waals surface area contributed by atoms with E-state index in [1.54, 1.807) is 18.2 Å². The van der Waals surface area contributed by atoms with Gasteiger partial charge in [0.25, 0.3) is 11.5 Å². The Balaban J connectivity index is 1.56. The molecule has 0 aliphatic rings. The van der Waals surface area contributed by atoms with Crippen LogP contribution in [0.25, 0.3) is 27.5 Å². The summed E-state index contributed by atoms with van der Waals surface area (Å²) < 4.78 is 7.12. The first-order valence-corrected chi connectivity index (χ1v) is 11.0. The summed E-state index contributed by atoms with van der Waals surface area (Å²) in [4.78, 5) is 33.4. The van der Waals surface area contributed by atoms with Gasteiger partial charge in [0.15, 0.2) is 5.76 Å². The van der Waals surface area contributed by atoms with Gasteiger partial charge in [0.1, 0.15) is 17.1 Å². The maximum absolute atomic E-state index is 13.0. The molecule has 4 heterocycles. The van der Waals surface area contributed by atoms with Crippen molar-refractivity contribution in [1.29, 1.82) is 0 Å². The molecule has 0 unspecified atom stereocenters. The number of amides is 1. The zero-order chi connectivity index (χ0) is 22.1. The van der Waals surface area contributed by atoms with Crippen LogP contribution in [0.3, 0.4) is 0 Å².